The normalized spacial score (nSPS) is 10.8. The minimum absolute atomic E-state index is 0.0369. The Bertz CT molecular complexity index is 610. The molecule has 1 amide bonds. The van der Waals surface area contributed by atoms with Crippen molar-refractivity contribution in [1.29, 1.82) is 0 Å². The molecule has 2 N–H and O–H groups in total. The molecule has 1 heterocycles. The maximum Gasteiger partial charge on any atom is 0.239 e. The predicted molar refractivity (Wildman–Crippen MR) is 80.6 cm³/mol. The first kappa shape index (κ1) is 14.2. The first-order chi connectivity index (χ1) is 9.58. The van der Waals surface area contributed by atoms with Crippen molar-refractivity contribution in [2.75, 3.05) is 18.4 Å². The quantitative estimate of drug-likeness (QED) is 0.875. The standard InChI is InChI=1S/C15H20N4O/c1-10(2)8-16-14(20)9-17-15-13-7-5-4-6-12(13)11(3)18-19-15/h4-7,10H,8-9H2,1-3H3,(H,16,20)(H,17,19). The molecule has 0 aliphatic carbocycles. The summed E-state index contributed by atoms with van der Waals surface area (Å²) in [6.07, 6.45) is 0. The second-order valence-electron chi connectivity index (χ2n) is 5.23. The van der Waals surface area contributed by atoms with Crippen molar-refractivity contribution in [2.24, 2.45) is 5.92 Å². The summed E-state index contributed by atoms with van der Waals surface area (Å²) in [4.78, 5) is 11.7. The average Bonchev–Trinajstić information content (AvgIpc) is 2.45. The van der Waals surface area contributed by atoms with Crippen molar-refractivity contribution < 1.29 is 4.79 Å². The summed E-state index contributed by atoms with van der Waals surface area (Å²) in [5.74, 6) is 1.05. The smallest absolute Gasteiger partial charge is 0.239 e. The molecule has 2 aromatic rings. The summed E-state index contributed by atoms with van der Waals surface area (Å²) in [6, 6.07) is 7.90. The number of carbonyl (C=O) groups is 1. The Hall–Kier alpha value is -2.17. The van der Waals surface area contributed by atoms with E-state index in [-0.39, 0.29) is 12.5 Å². The topological polar surface area (TPSA) is 66.9 Å². The fourth-order valence-electron chi connectivity index (χ4n) is 1.91. The van der Waals surface area contributed by atoms with Crippen LogP contribution in [0.4, 0.5) is 5.82 Å². The Kier molecular flexibility index (Phi) is 4.50. The first-order valence-corrected chi connectivity index (χ1v) is 6.80. The van der Waals surface area contributed by atoms with Crippen LogP contribution in [0, 0.1) is 12.8 Å². The van der Waals surface area contributed by atoms with Gasteiger partial charge in [0.1, 0.15) is 0 Å². The summed E-state index contributed by atoms with van der Waals surface area (Å²) < 4.78 is 0. The largest absolute Gasteiger partial charge is 0.359 e. The van der Waals surface area contributed by atoms with Crippen molar-refractivity contribution in [3.8, 4) is 0 Å². The summed E-state index contributed by atoms with van der Waals surface area (Å²) in [5, 5.41) is 16.2. The molecular formula is C15H20N4O. The molecule has 0 fully saturated rings. The van der Waals surface area contributed by atoms with Crippen LogP contribution in [0.15, 0.2) is 24.3 Å². The molecule has 0 unspecified atom stereocenters. The minimum atomic E-state index is -0.0369. The van der Waals surface area contributed by atoms with Crippen LogP contribution in [-0.2, 0) is 4.79 Å². The zero-order valence-corrected chi connectivity index (χ0v) is 12.1. The molecule has 0 radical (unpaired) electrons. The van der Waals surface area contributed by atoms with Crippen molar-refractivity contribution in [3.05, 3.63) is 30.0 Å². The van der Waals surface area contributed by atoms with Gasteiger partial charge in [0.15, 0.2) is 5.82 Å². The summed E-state index contributed by atoms with van der Waals surface area (Å²) in [7, 11) is 0. The molecule has 0 saturated heterocycles. The number of nitrogens with zero attached hydrogens (tertiary/aromatic N) is 2. The number of rotatable bonds is 5. The van der Waals surface area contributed by atoms with Gasteiger partial charge in [-0.05, 0) is 12.8 Å². The van der Waals surface area contributed by atoms with E-state index in [4.69, 9.17) is 0 Å². The SMILES string of the molecule is Cc1nnc(NCC(=O)NCC(C)C)c2ccccc12. The van der Waals surface area contributed by atoms with Crippen molar-refractivity contribution in [1.82, 2.24) is 15.5 Å². The highest BCUT2D eigenvalue weighted by atomic mass is 16.1. The van der Waals surface area contributed by atoms with Crippen LogP contribution in [0.2, 0.25) is 0 Å². The van der Waals surface area contributed by atoms with Gasteiger partial charge in [-0.1, -0.05) is 38.1 Å². The fourth-order valence-corrected chi connectivity index (χ4v) is 1.91. The molecule has 0 bridgehead atoms. The highest BCUT2D eigenvalue weighted by Crippen LogP contribution is 2.21. The van der Waals surface area contributed by atoms with Crippen LogP contribution in [-0.4, -0.2) is 29.2 Å². The van der Waals surface area contributed by atoms with E-state index in [1.54, 1.807) is 0 Å². The first-order valence-electron chi connectivity index (χ1n) is 6.80. The molecule has 0 aliphatic rings. The molecule has 5 heteroatoms. The molecule has 0 saturated carbocycles. The fraction of sp³-hybridized carbons (Fsp3) is 0.400. The Labute approximate surface area is 118 Å². The van der Waals surface area contributed by atoms with Gasteiger partial charge in [-0.15, -0.1) is 5.10 Å². The Morgan fingerprint density at radius 2 is 1.90 bits per heavy atom. The molecule has 20 heavy (non-hydrogen) atoms. The lowest BCUT2D eigenvalue weighted by Gasteiger charge is -2.10. The van der Waals surface area contributed by atoms with E-state index < -0.39 is 0 Å². The van der Waals surface area contributed by atoms with Gasteiger partial charge in [-0.25, -0.2) is 0 Å². The number of benzene rings is 1. The number of carbonyl (C=O) groups excluding carboxylic acids is 1. The van der Waals surface area contributed by atoms with E-state index in [2.05, 4.69) is 34.7 Å². The summed E-state index contributed by atoms with van der Waals surface area (Å²) in [5.41, 5.74) is 0.885. The van der Waals surface area contributed by atoms with Crippen molar-refractivity contribution >= 4 is 22.5 Å². The molecular weight excluding hydrogens is 252 g/mol. The van der Waals surface area contributed by atoms with E-state index in [1.807, 2.05) is 31.2 Å². The van der Waals surface area contributed by atoms with Crippen LogP contribution in [0.25, 0.3) is 10.8 Å². The zero-order chi connectivity index (χ0) is 14.5. The third-order valence-corrected chi connectivity index (χ3v) is 3.00. The molecule has 0 spiro atoms. The number of hydrogen-bond acceptors (Lipinski definition) is 4. The Morgan fingerprint density at radius 1 is 1.20 bits per heavy atom. The summed E-state index contributed by atoms with van der Waals surface area (Å²) >= 11 is 0. The zero-order valence-electron chi connectivity index (χ0n) is 12.1. The molecule has 1 aromatic heterocycles. The van der Waals surface area contributed by atoms with Gasteiger partial charge in [0.25, 0.3) is 0 Å². The van der Waals surface area contributed by atoms with Crippen LogP contribution in [0.3, 0.4) is 0 Å². The van der Waals surface area contributed by atoms with E-state index in [9.17, 15) is 4.79 Å². The number of hydrogen-bond donors (Lipinski definition) is 2. The van der Waals surface area contributed by atoms with Gasteiger partial charge in [-0.3, -0.25) is 4.79 Å². The molecule has 106 valence electrons. The van der Waals surface area contributed by atoms with Crippen molar-refractivity contribution in [2.45, 2.75) is 20.8 Å². The Balaban J connectivity index is 2.07. The molecule has 2 rings (SSSR count). The predicted octanol–water partition coefficient (Wildman–Crippen LogP) is 2.12. The van der Waals surface area contributed by atoms with Gasteiger partial charge in [-0.2, -0.15) is 5.10 Å². The second kappa shape index (κ2) is 6.32. The number of anilines is 1. The molecule has 5 nitrogen and oxygen atoms in total. The van der Waals surface area contributed by atoms with Gasteiger partial charge in [0.05, 0.1) is 12.2 Å². The van der Waals surface area contributed by atoms with Crippen LogP contribution >= 0.6 is 0 Å². The summed E-state index contributed by atoms with van der Waals surface area (Å²) in [6.45, 7) is 6.93. The maximum absolute atomic E-state index is 11.7. The monoisotopic (exact) mass is 272 g/mol. The van der Waals surface area contributed by atoms with Gasteiger partial charge in [0, 0.05) is 17.3 Å². The third-order valence-electron chi connectivity index (χ3n) is 3.00. The number of fused-ring (bicyclic) bond motifs is 1. The molecule has 1 aromatic carbocycles. The molecule has 0 atom stereocenters. The van der Waals surface area contributed by atoms with Crippen LogP contribution in [0.5, 0.6) is 0 Å². The van der Waals surface area contributed by atoms with Gasteiger partial charge >= 0.3 is 0 Å². The van der Waals surface area contributed by atoms with E-state index in [1.165, 1.54) is 0 Å². The van der Waals surface area contributed by atoms with E-state index >= 15 is 0 Å². The van der Waals surface area contributed by atoms with Gasteiger partial charge in [0.2, 0.25) is 5.91 Å². The van der Waals surface area contributed by atoms with Crippen LogP contribution in [0.1, 0.15) is 19.5 Å². The number of amides is 1. The van der Waals surface area contributed by atoms with Crippen molar-refractivity contribution in [3.63, 3.8) is 0 Å². The lowest BCUT2D eigenvalue weighted by molar-refractivity contribution is -0.119. The van der Waals surface area contributed by atoms with E-state index in [0.29, 0.717) is 18.3 Å². The number of aromatic nitrogens is 2. The molecule has 0 aliphatic heterocycles. The number of nitrogens with one attached hydrogen (secondary N) is 2. The Morgan fingerprint density at radius 3 is 2.60 bits per heavy atom. The van der Waals surface area contributed by atoms with Gasteiger partial charge < -0.3 is 10.6 Å². The lowest BCUT2D eigenvalue weighted by Crippen LogP contribution is -2.32. The lowest BCUT2D eigenvalue weighted by atomic mass is 10.1. The second-order valence-corrected chi connectivity index (χ2v) is 5.23. The highest BCUT2D eigenvalue weighted by Gasteiger charge is 2.08. The van der Waals surface area contributed by atoms with Crippen LogP contribution < -0.4 is 10.6 Å². The maximum atomic E-state index is 11.7. The van der Waals surface area contributed by atoms with E-state index in [0.717, 1.165) is 16.5 Å². The highest BCUT2D eigenvalue weighted by molar-refractivity contribution is 5.94. The third kappa shape index (κ3) is 3.44. The average molecular weight is 272 g/mol. The minimum Gasteiger partial charge on any atom is -0.359 e. The number of aryl methyl sites for hydroxylation is 1.